The lowest BCUT2D eigenvalue weighted by atomic mass is 9.53. The molecule has 0 spiro atoms. The van der Waals surface area contributed by atoms with Gasteiger partial charge in [-0.2, -0.15) is 0 Å². The van der Waals surface area contributed by atoms with Crippen molar-refractivity contribution in [3.8, 4) is 5.75 Å². The Balaban J connectivity index is 2.16. The third-order valence-electron chi connectivity index (χ3n) is 7.29. The van der Waals surface area contributed by atoms with E-state index in [1.807, 2.05) is 12.1 Å². The number of fused-ring (bicyclic) bond motifs is 1. The molecular weight excluding hydrogens is 328 g/mol. The van der Waals surface area contributed by atoms with E-state index in [1.54, 1.807) is 0 Å². The minimum Gasteiger partial charge on any atom is -0.508 e. The topological polar surface area (TPSA) is 20.2 Å². The molecule has 0 aliphatic heterocycles. The number of hydrogen-bond acceptors (Lipinski definition) is 1. The molecule has 3 aromatic carbocycles. The number of rotatable bonds is 2. The van der Waals surface area contributed by atoms with Gasteiger partial charge < -0.3 is 5.11 Å². The van der Waals surface area contributed by atoms with Gasteiger partial charge in [0.25, 0.3) is 0 Å². The van der Waals surface area contributed by atoms with Crippen molar-refractivity contribution in [2.45, 2.75) is 45.4 Å². The molecule has 0 radical (unpaired) electrons. The van der Waals surface area contributed by atoms with E-state index in [4.69, 9.17) is 0 Å². The average Bonchev–Trinajstić information content (AvgIpc) is 2.78. The van der Waals surface area contributed by atoms with Crippen LogP contribution in [-0.2, 0) is 10.8 Å². The van der Waals surface area contributed by atoms with Gasteiger partial charge in [-0.3, -0.25) is 0 Å². The van der Waals surface area contributed by atoms with Gasteiger partial charge in [-0.05, 0) is 52.1 Å². The van der Waals surface area contributed by atoms with Gasteiger partial charge in [-0.15, -0.1) is 0 Å². The van der Waals surface area contributed by atoms with Gasteiger partial charge in [0.15, 0.2) is 0 Å². The van der Waals surface area contributed by atoms with Crippen molar-refractivity contribution < 1.29 is 5.11 Å². The fourth-order valence-electron chi connectivity index (χ4n) is 5.21. The molecule has 138 valence electrons. The molecule has 1 aliphatic carbocycles. The van der Waals surface area contributed by atoms with Crippen LogP contribution in [0.3, 0.4) is 0 Å². The molecule has 0 heterocycles. The van der Waals surface area contributed by atoms with Crippen molar-refractivity contribution in [3.05, 3.63) is 101 Å². The van der Waals surface area contributed by atoms with E-state index in [2.05, 4.69) is 95.3 Å². The molecule has 0 aromatic heterocycles. The number of benzene rings is 3. The Labute approximate surface area is 162 Å². The maximum atomic E-state index is 9.92. The van der Waals surface area contributed by atoms with E-state index in [1.165, 1.54) is 27.8 Å². The predicted molar refractivity (Wildman–Crippen MR) is 112 cm³/mol. The molecule has 3 aromatic rings. The van der Waals surface area contributed by atoms with Crippen molar-refractivity contribution >= 4 is 0 Å². The van der Waals surface area contributed by atoms with Gasteiger partial charge in [0.05, 0.1) is 5.41 Å². The molecule has 27 heavy (non-hydrogen) atoms. The minimum absolute atomic E-state index is 0.00757. The van der Waals surface area contributed by atoms with Gasteiger partial charge >= 0.3 is 0 Å². The highest BCUT2D eigenvalue weighted by Gasteiger charge is 2.62. The van der Waals surface area contributed by atoms with Gasteiger partial charge in [0, 0.05) is 0 Å². The second-order valence-corrected chi connectivity index (χ2v) is 8.96. The van der Waals surface area contributed by atoms with Gasteiger partial charge in [-0.25, -0.2) is 0 Å². The van der Waals surface area contributed by atoms with Crippen LogP contribution < -0.4 is 0 Å². The van der Waals surface area contributed by atoms with E-state index in [9.17, 15) is 5.11 Å². The van der Waals surface area contributed by atoms with Crippen molar-refractivity contribution in [3.63, 3.8) is 0 Å². The Morgan fingerprint density at radius 1 is 0.630 bits per heavy atom. The first-order valence-electron chi connectivity index (χ1n) is 9.69. The summed E-state index contributed by atoms with van der Waals surface area (Å²) >= 11 is 0. The normalized spacial score (nSPS) is 22.4. The molecule has 0 amide bonds. The summed E-state index contributed by atoms with van der Waals surface area (Å²) in [6.45, 7) is 11.6. The van der Waals surface area contributed by atoms with Crippen molar-refractivity contribution in [1.82, 2.24) is 0 Å². The van der Waals surface area contributed by atoms with Crippen LogP contribution >= 0.6 is 0 Å². The van der Waals surface area contributed by atoms with Crippen LogP contribution in [-0.4, -0.2) is 5.11 Å². The molecule has 1 N–H and O–H groups in total. The molecule has 1 aliphatic rings. The lowest BCUT2D eigenvalue weighted by Gasteiger charge is -2.49. The van der Waals surface area contributed by atoms with Crippen LogP contribution in [0.4, 0.5) is 0 Å². The number of hydrogen-bond donors (Lipinski definition) is 1. The highest BCUT2D eigenvalue weighted by atomic mass is 16.3. The zero-order chi connectivity index (χ0) is 19.4. The second kappa shape index (κ2) is 5.73. The predicted octanol–water partition coefficient (Wildman–Crippen LogP) is 6.35. The number of phenols is 1. The Kier molecular flexibility index (Phi) is 3.79. The Morgan fingerprint density at radius 2 is 1.11 bits per heavy atom. The van der Waals surface area contributed by atoms with Crippen LogP contribution in [0.1, 0.15) is 55.5 Å². The summed E-state index contributed by atoms with van der Waals surface area (Å²) in [6.07, 6.45) is 0. The molecule has 1 heteroatoms. The molecule has 0 fully saturated rings. The Hall–Kier alpha value is -2.54. The van der Waals surface area contributed by atoms with E-state index in [0.717, 1.165) is 0 Å². The van der Waals surface area contributed by atoms with E-state index in [-0.39, 0.29) is 16.2 Å². The lowest BCUT2D eigenvalue weighted by molar-refractivity contribution is 0.153. The molecule has 0 bridgehead atoms. The first kappa shape index (κ1) is 17.9. The minimum atomic E-state index is -0.283. The Bertz CT molecular complexity index is 930. The summed E-state index contributed by atoms with van der Waals surface area (Å²) in [5, 5.41) is 9.92. The van der Waals surface area contributed by atoms with E-state index >= 15 is 0 Å². The number of aryl methyl sites for hydroxylation is 1. The first-order chi connectivity index (χ1) is 12.7. The van der Waals surface area contributed by atoms with Crippen LogP contribution in [0.25, 0.3) is 0 Å². The zero-order valence-corrected chi connectivity index (χ0v) is 16.9. The summed E-state index contributed by atoms with van der Waals surface area (Å²) in [5.74, 6) is 0.307. The maximum Gasteiger partial charge on any atom is 0.115 e. The third kappa shape index (κ3) is 2.18. The quantitative estimate of drug-likeness (QED) is 0.567. The summed E-state index contributed by atoms with van der Waals surface area (Å²) in [6, 6.07) is 25.7. The average molecular weight is 357 g/mol. The fourth-order valence-corrected chi connectivity index (χ4v) is 5.21. The molecule has 1 unspecified atom stereocenters. The van der Waals surface area contributed by atoms with E-state index in [0.29, 0.717) is 5.75 Å². The van der Waals surface area contributed by atoms with Crippen molar-refractivity contribution in [2.24, 2.45) is 5.41 Å². The first-order valence-corrected chi connectivity index (χ1v) is 9.69. The van der Waals surface area contributed by atoms with Crippen LogP contribution in [0.15, 0.2) is 72.8 Å². The lowest BCUT2D eigenvalue weighted by Crippen LogP contribution is -2.47. The Morgan fingerprint density at radius 3 is 1.67 bits per heavy atom. The summed E-state index contributed by atoms with van der Waals surface area (Å²) < 4.78 is 0. The zero-order valence-electron chi connectivity index (χ0n) is 16.9. The SMILES string of the molecule is Cc1ccc(C2(c3ccc(O)cc3)c3ccccc3C(C)(C)C2(C)C)cc1. The monoisotopic (exact) mass is 356 g/mol. The summed E-state index contributed by atoms with van der Waals surface area (Å²) in [7, 11) is 0. The highest BCUT2D eigenvalue weighted by Crippen LogP contribution is 2.66. The van der Waals surface area contributed by atoms with Crippen LogP contribution in [0.2, 0.25) is 0 Å². The molecule has 1 atom stereocenters. The molecule has 0 saturated carbocycles. The maximum absolute atomic E-state index is 9.92. The van der Waals surface area contributed by atoms with Gasteiger partial charge in [-0.1, -0.05) is 93.9 Å². The molecule has 0 saturated heterocycles. The van der Waals surface area contributed by atoms with Crippen LogP contribution in [0.5, 0.6) is 5.75 Å². The van der Waals surface area contributed by atoms with Crippen LogP contribution in [0, 0.1) is 12.3 Å². The molecule has 4 rings (SSSR count). The standard InChI is InChI=1S/C26H28O/c1-18-10-12-19(13-11-18)26(20-14-16-21(27)17-15-20)23-9-7-6-8-22(23)24(2,3)25(26,4)5/h6-17,27H,1-5H3. The smallest absolute Gasteiger partial charge is 0.115 e. The molecular formula is C26H28O. The van der Waals surface area contributed by atoms with Crippen molar-refractivity contribution in [1.29, 1.82) is 0 Å². The highest BCUT2D eigenvalue weighted by molar-refractivity contribution is 5.63. The third-order valence-corrected chi connectivity index (χ3v) is 7.29. The van der Waals surface area contributed by atoms with Gasteiger partial charge in [0.2, 0.25) is 0 Å². The van der Waals surface area contributed by atoms with Crippen molar-refractivity contribution in [2.75, 3.05) is 0 Å². The fraction of sp³-hybridized carbons (Fsp3) is 0.308. The number of phenolic OH excluding ortho intramolecular Hbond substituents is 1. The summed E-state index contributed by atoms with van der Waals surface area (Å²) in [5.41, 5.74) is 6.21. The summed E-state index contributed by atoms with van der Waals surface area (Å²) in [4.78, 5) is 0. The van der Waals surface area contributed by atoms with Gasteiger partial charge in [0.1, 0.15) is 5.75 Å². The largest absolute Gasteiger partial charge is 0.508 e. The second-order valence-electron chi connectivity index (χ2n) is 8.96. The number of aromatic hydroxyl groups is 1. The molecule has 1 nitrogen and oxygen atoms in total. The van der Waals surface area contributed by atoms with E-state index < -0.39 is 0 Å².